The third kappa shape index (κ3) is 2.81. The van der Waals surface area contributed by atoms with Gasteiger partial charge in [0.15, 0.2) is 0 Å². The lowest BCUT2D eigenvalue weighted by molar-refractivity contribution is -0.150. The van der Waals surface area contributed by atoms with E-state index in [-0.39, 0.29) is 36.0 Å². The average molecular weight is 337 g/mol. The van der Waals surface area contributed by atoms with E-state index in [1.54, 1.807) is 4.90 Å². The second-order valence-corrected chi connectivity index (χ2v) is 7.97. The highest BCUT2D eigenvalue weighted by Crippen LogP contribution is 2.52. The van der Waals surface area contributed by atoms with Crippen molar-refractivity contribution in [2.75, 3.05) is 13.2 Å². The monoisotopic (exact) mass is 337 g/mol. The fraction of sp³-hybridized carbons (Fsp3) is 0.778. The molecule has 5 atom stereocenters. The van der Waals surface area contributed by atoms with Gasteiger partial charge in [0.25, 0.3) is 0 Å². The van der Waals surface area contributed by atoms with Gasteiger partial charge in [-0.05, 0) is 41.0 Å². The van der Waals surface area contributed by atoms with Gasteiger partial charge < -0.3 is 19.1 Å². The molecule has 24 heavy (non-hydrogen) atoms. The van der Waals surface area contributed by atoms with Crippen LogP contribution >= 0.6 is 0 Å². The number of hydrogen-bond donors (Lipinski definition) is 0. The van der Waals surface area contributed by atoms with E-state index in [1.807, 2.05) is 46.8 Å². The number of carbonyl (C=O) groups is 2. The molecule has 3 aliphatic heterocycles. The number of hydrogen-bond acceptors (Lipinski definition) is 5. The fourth-order valence-corrected chi connectivity index (χ4v) is 4.10. The van der Waals surface area contributed by atoms with Crippen LogP contribution in [0, 0.1) is 11.8 Å². The van der Waals surface area contributed by atoms with Gasteiger partial charge in [0, 0.05) is 12.0 Å². The number of carbonyl (C=O) groups excluding carboxylic acids is 2. The lowest BCUT2D eigenvalue weighted by Crippen LogP contribution is -2.58. The summed E-state index contributed by atoms with van der Waals surface area (Å²) in [5.41, 5.74) is -1.13. The molecule has 0 aliphatic carbocycles. The second-order valence-electron chi connectivity index (χ2n) is 7.97. The number of piperidine rings is 1. The first-order chi connectivity index (χ1) is 11.2. The van der Waals surface area contributed by atoms with E-state index in [1.165, 1.54) is 0 Å². The van der Waals surface area contributed by atoms with Gasteiger partial charge in [-0.15, -0.1) is 0 Å². The quantitative estimate of drug-likeness (QED) is 0.572. The summed E-state index contributed by atoms with van der Waals surface area (Å²) < 4.78 is 16.9. The molecule has 0 aromatic heterocycles. The molecule has 0 aromatic rings. The number of nitrogens with zero attached hydrogens (tertiary/aromatic N) is 1. The topological polar surface area (TPSA) is 65.1 Å². The normalized spacial score (nSPS) is 37.3. The van der Waals surface area contributed by atoms with Crippen LogP contribution in [0.1, 0.15) is 41.0 Å². The summed E-state index contributed by atoms with van der Waals surface area (Å²) in [6, 6.07) is -0.0104. The Morgan fingerprint density at radius 1 is 1.38 bits per heavy atom. The number of rotatable bonds is 2. The van der Waals surface area contributed by atoms with Crippen molar-refractivity contribution in [2.24, 2.45) is 11.8 Å². The van der Waals surface area contributed by atoms with Gasteiger partial charge in [-0.2, -0.15) is 0 Å². The largest absolute Gasteiger partial charge is 0.466 e. The molecule has 0 radical (unpaired) electrons. The Morgan fingerprint density at radius 2 is 2.08 bits per heavy atom. The lowest BCUT2D eigenvalue weighted by atomic mass is 9.70. The van der Waals surface area contributed by atoms with E-state index in [9.17, 15) is 9.59 Å². The van der Waals surface area contributed by atoms with E-state index in [0.29, 0.717) is 19.6 Å². The van der Waals surface area contributed by atoms with Gasteiger partial charge in [0.2, 0.25) is 0 Å². The van der Waals surface area contributed by atoms with Crippen LogP contribution in [-0.4, -0.2) is 53.5 Å². The molecule has 1 unspecified atom stereocenters. The minimum atomic E-state index is -0.592. The molecule has 134 valence electrons. The first-order valence-corrected chi connectivity index (χ1v) is 8.70. The number of esters is 1. The summed E-state index contributed by atoms with van der Waals surface area (Å²) in [6.45, 7) is 10.2. The average Bonchev–Trinajstić information content (AvgIpc) is 2.99. The van der Waals surface area contributed by atoms with Crippen LogP contribution < -0.4 is 0 Å². The predicted octanol–water partition coefficient (Wildman–Crippen LogP) is 2.52. The number of amides is 1. The van der Waals surface area contributed by atoms with E-state index >= 15 is 0 Å². The Balaban J connectivity index is 1.80. The highest BCUT2D eigenvalue weighted by Gasteiger charge is 2.62. The standard InChI is InChI=1S/C18H27NO5/c1-6-22-15(20)14-12-9-11(2)19(16(21)24-17(3,4)5)10-18(12)8-7-13(14)23-18/h7-8,11-14H,6,9-10H2,1-5H3/t11-,12?,13-,14-,18-/m1/s1. The maximum atomic E-state index is 12.5. The summed E-state index contributed by atoms with van der Waals surface area (Å²) >= 11 is 0. The molecular formula is C18H27NO5. The maximum absolute atomic E-state index is 12.5. The highest BCUT2D eigenvalue weighted by atomic mass is 16.6. The van der Waals surface area contributed by atoms with Gasteiger partial charge >= 0.3 is 12.1 Å². The van der Waals surface area contributed by atoms with Gasteiger partial charge in [-0.1, -0.05) is 12.2 Å². The Labute approximate surface area is 143 Å². The van der Waals surface area contributed by atoms with Gasteiger partial charge in [0.1, 0.15) is 11.2 Å². The van der Waals surface area contributed by atoms with Gasteiger partial charge in [-0.3, -0.25) is 4.79 Å². The molecule has 2 saturated heterocycles. The molecule has 2 bridgehead atoms. The third-order valence-electron chi connectivity index (χ3n) is 5.07. The van der Waals surface area contributed by atoms with Crippen LogP contribution in [0.4, 0.5) is 4.79 Å². The van der Waals surface area contributed by atoms with Crippen LogP contribution in [0.3, 0.4) is 0 Å². The van der Waals surface area contributed by atoms with Crippen molar-refractivity contribution in [3.05, 3.63) is 12.2 Å². The third-order valence-corrected chi connectivity index (χ3v) is 5.07. The van der Waals surface area contributed by atoms with Crippen LogP contribution in [0.15, 0.2) is 12.2 Å². The van der Waals surface area contributed by atoms with Crippen molar-refractivity contribution in [2.45, 2.75) is 64.4 Å². The van der Waals surface area contributed by atoms with Crippen molar-refractivity contribution in [1.29, 1.82) is 0 Å². The Bertz CT molecular complexity index is 566. The van der Waals surface area contributed by atoms with Crippen LogP contribution in [0.25, 0.3) is 0 Å². The minimum Gasteiger partial charge on any atom is -0.466 e. The van der Waals surface area contributed by atoms with E-state index in [0.717, 1.165) is 0 Å². The SMILES string of the molecule is CCOC(=O)[C@@H]1C2C[C@@H](C)N(C(=O)OC(C)(C)C)C[C@]23C=C[C@H]1O3. The molecule has 6 nitrogen and oxygen atoms in total. The molecule has 2 fully saturated rings. The molecule has 0 N–H and O–H groups in total. The molecule has 6 heteroatoms. The lowest BCUT2D eigenvalue weighted by Gasteiger charge is -2.46. The summed E-state index contributed by atoms with van der Waals surface area (Å²) in [7, 11) is 0. The zero-order valence-electron chi connectivity index (χ0n) is 15.1. The van der Waals surface area contributed by atoms with Gasteiger partial charge in [-0.25, -0.2) is 4.79 Å². The summed E-state index contributed by atoms with van der Waals surface area (Å²) in [4.78, 5) is 26.6. The molecule has 1 amide bonds. The summed E-state index contributed by atoms with van der Waals surface area (Å²) in [6.07, 6.45) is 4.06. The molecule has 0 saturated carbocycles. The summed E-state index contributed by atoms with van der Waals surface area (Å²) in [5.74, 6) is -0.435. The van der Waals surface area contributed by atoms with E-state index in [4.69, 9.17) is 14.2 Å². The first kappa shape index (κ1) is 17.3. The number of ether oxygens (including phenoxy) is 3. The Hall–Kier alpha value is -1.56. The molecule has 1 spiro atoms. The van der Waals surface area contributed by atoms with Crippen molar-refractivity contribution < 1.29 is 23.8 Å². The molecule has 3 heterocycles. The van der Waals surface area contributed by atoms with E-state index < -0.39 is 11.2 Å². The zero-order valence-corrected chi connectivity index (χ0v) is 15.1. The Morgan fingerprint density at radius 3 is 2.71 bits per heavy atom. The van der Waals surface area contributed by atoms with Crippen molar-refractivity contribution >= 4 is 12.1 Å². The van der Waals surface area contributed by atoms with E-state index in [2.05, 4.69) is 0 Å². The number of fused-ring (bicyclic) bond motifs is 1. The molecule has 0 aromatic carbocycles. The predicted molar refractivity (Wildman–Crippen MR) is 87.4 cm³/mol. The molecule has 3 aliphatic rings. The Kier molecular flexibility index (Phi) is 4.14. The van der Waals surface area contributed by atoms with Crippen molar-refractivity contribution in [3.8, 4) is 0 Å². The van der Waals surface area contributed by atoms with Crippen molar-refractivity contribution in [3.63, 3.8) is 0 Å². The zero-order chi connectivity index (χ0) is 17.7. The minimum absolute atomic E-state index is 0.0104. The van der Waals surface area contributed by atoms with Crippen LogP contribution in [0.2, 0.25) is 0 Å². The van der Waals surface area contributed by atoms with Crippen LogP contribution in [-0.2, 0) is 19.0 Å². The summed E-state index contributed by atoms with van der Waals surface area (Å²) in [5, 5.41) is 0. The maximum Gasteiger partial charge on any atom is 0.410 e. The molecule has 3 rings (SSSR count). The van der Waals surface area contributed by atoms with Gasteiger partial charge in [0.05, 0.1) is 25.2 Å². The second kappa shape index (κ2) is 5.76. The fourth-order valence-electron chi connectivity index (χ4n) is 4.10. The number of likely N-dealkylation sites (tertiary alicyclic amines) is 1. The first-order valence-electron chi connectivity index (χ1n) is 8.70. The highest BCUT2D eigenvalue weighted by molar-refractivity contribution is 5.76. The van der Waals surface area contributed by atoms with Crippen molar-refractivity contribution in [1.82, 2.24) is 4.90 Å². The molecular weight excluding hydrogens is 310 g/mol. The van der Waals surface area contributed by atoms with Crippen LogP contribution in [0.5, 0.6) is 0 Å². The smallest absolute Gasteiger partial charge is 0.410 e.